The predicted octanol–water partition coefficient (Wildman–Crippen LogP) is 3.81. The molecule has 124 valence electrons. The molecule has 7 heteroatoms. The predicted molar refractivity (Wildman–Crippen MR) is 95.7 cm³/mol. The van der Waals surface area contributed by atoms with Crippen LogP contribution in [0.2, 0.25) is 0 Å². The van der Waals surface area contributed by atoms with Gasteiger partial charge in [0.05, 0.1) is 0 Å². The van der Waals surface area contributed by atoms with Gasteiger partial charge in [0.1, 0.15) is 23.0 Å². The van der Waals surface area contributed by atoms with Gasteiger partial charge in [-0.15, -0.1) is 5.10 Å². The number of benzene rings is 1. The van der Waals surface area contributed by atoms with Crippen molar-refractivity contribution in [3.8, 4) is 0 Å². The molecule has 0 saturated heterocycles. The molecule has 3 rings (SSSR count). The van der Waals surface area contributed by atoms with Crippen LogP contribution >= 0.6 is 11.8 Å². The van der Waals surface area contributed by atoms with E-state index < -0.39 is 0 Å². The number of aromatic amines is 1. The van der Waals surface area contributed by atoms with Crippen molar-refractivity contribution in [3.05, 3.63) is 48.5 Å². The van der Waals surface area contributed by atoms with Crippen molar-refractivity contribution in [2.45, 2.75) is 36.4 Å². The number of H-pyrrole nitrogens is 1. The van der Waals surface area contributed by atoms with Gasteiger partial charge < -0.3 is 4.90 Å². The molecule has 0 aliphatic heterocycles. The Kier molecular flexibility index (Phi) is 4.53. The van der Waals surface area contributed by atoms with E-state index in [0.717, 1.165) is 22.4 Å². The summed E-state index contributed by atoms with van der Waals surface area (Å²) < 4.78 is 0. The van der Waals surface area contributed by atoms with Crippen LogP contribution in [0.15, 0.2) is 52.9 Å². The number of rotatable bonds is 4. The van der Waals surface area contributed by atoms with Gasteiger partial charge in [-0.2, -0.15) is 0 Å². The van der Waals surface area contributed by atoms with Gasteiger partial charge in [-0.05, 0) is 23.9 Å². The zero-order valence-electron chi connectivity index (χ0n) is 14.2. The second-order valence-electron chi connectivity index (χ2n) is 6.43. The third-order valence-electron chi connectivity index (χ3n) is 3.49. The van der Waals surface area contributed by atoms with Crippen molar-refractivity contribution in [2.75, 3.05) is 11.9 Å². The van der Waals surface area contributed by atoms with E-state index in [1.807, 2.05) is 48.3 Å². The molecular weight excluding hydrogens is 320 g/mol. The van der Waals surface area contributed by atoms with E-state index in [0.29, 0.717) is 5.16 Å². The lowest BCUT2D eigenvalue weighted by Crippen LogP contribution is -2.13. The number of anilines is 2. The van der Waals surface area contributed by atoms with Gasteiger partial charge in [-0.1, -0.05) is 39.0 Å². The molecule has 2 heterocycles. The first-order valence-corrected chi connectivity index (χ1v) is 8.47. The highest BCUT2D eigenvalue weighted by Gasteiger charge is 2.19. The lowest BCUT2D eigenvalue weighted by Gasteiger charge is -2.18. The van der Waals surface area contributed by atoms with Crippen molar-refractivity contribution < 1.29 is 0 Å². The highest BCUT2D eigenvalue weighted by Crippen LogP contribution is 2.28. The molecule has 0 saturated carbocycles. The smallest absolute Gasteiger partial charge is 0.214 e. The standard InChI is InChI=1S/C17H20N6S/c1-17(2,3)15-20-16(22-21-15)24-14-10-13(18-11-19-14)23(4)12-8-6-5-7-9-12/h5-11H,1-4H3,(H,20,21,22). The Hall–Kier alpha value is -2.41. The van der Waals surface area contributed by atoms with Crippen LogP contribution in [0.3, 0.4) is 0 Å². The Labute approximate surface area is 145 Å². The van der Waals surface area contributed by atoms with Crippen LogP contribution in [0, 0.1) is 0 Å². The largest absolute Gasteiger partial charge is 0.329 e. The molecule has 0 aliphatic rings. The van der Waals surface area contributed by atoms with Crippen molar-refractivity contribution >= 4 is 23.3 Å². The first-order valence-electron chi connectivity index (χ1n) is 7.65. The van der Waals surface area contributed by atoms with E-state index in [1.54, 1.807) is 6.33 Å². The lowest BCUT2D eigenvalue weighted by atomic mass is 9.96. The molecule has 0 amide bonds. The second-order valence-corrected chi connectivity index (χ2v) is 7.42. The first kappa shape index (κ1) is 16.4. The van der Waals surface area contributed by atoms with E-state index in [9.17, 15) is 0 Å². The van der Waals surface area contributed by atoms with E-state index in [1.165, 1.54) is 11.8 Å². The second kappa shape index (κ2) is 6.60. The zero-order valence-corrected chi connectivity index (χ0v) is 15.0. The van der Waals surface area contributed by atoms with Crippen LogP contribution in [0.5, 0.6) is 0 Å². The number of aromatic nitrogens is 5. The van der Waals surface area contributed by atoms with Gasteiger partial charge in [-0.25, -0.2) is 15.0 Å². The minimum Gasteiger partial charge on any atom is -0.329 e. The molecule has 3 aromatic rings. The van der Waals surface area contributed by atoms with Gasteiger partial charge in [-0.3, -0.25) is 5.10 Å². The summed E-state index contributed by atoms with van der Waals surface area (Å²) in [7, 11) is 1.98. The van der Waals surface area contributed by atoms with E-state index in [2.05, 4.69) is 45.9 Å². The van der Waals surface area contributed by atoms with Crippen LogP contribution in [0.4, 0.5) is 11.5 Å². The first-order chi connectivity index (χ1) is 11.4. The lowest BCUT2D eigenvalue weighted by molar-refractivity contribution is 0.547. The van der Waals surface area contributed by atoms with E-state index >= 15 is 0 Å². The molecule has 24 heavy (non-hydrogen) atoms. The normalized spacial score (nSPS) is 11.5. The van der Waals surface area contributed by atoms with Crippen molar-refractivity contribution in [3.63, 3.8) is 0 Å². The average Bonchev–Trinajstić information content (AvgIpc) is 3.04. The number of nitrogens with zero attached hydrogens (tertiary/aromatic N) is 5. The van der Waals surface area contributed by atoms with Gasteiger partial charge in [0.2, 0.25) is 5.16 Å². The van der Waals surface area contributed by atoms with Crippen molar-refractivity contribution in [1.82, 2.24) is 25.1 Å². The molecule has 0 spiro atoms. The third-order valence-corrected chi connectivity index (χ3v) is 4.28. The Morgan fingerprint density at radius 2 is 1.83 bits per heavy atom. The molecular formula is C17H20N6S. The fourth-order valence-corrected chi connectivity index (χ4v) is 2.75. The minimum absolute atomic E-state index is 0.0594. The molecule has 6 nitrogen and oxygen atoms in total. The summed E-state index contributed by atoms with van der Waals surface area (Å²) in [6, 6.07) is 12.0. The number of hydrogen-bond acceptors (Lipinski definition) is 6. The minimum atomic E-state index is -0.0594. The average molecular weight is 340 g/mol. The molecule has 0 radical (unpaired) electrons. The highest BCUT2D eigenvalue weighted by molar-refractivity contribution is 7.99. The maximum absolute atomic E-state index is 4.53. The van der Waals surface area contributed by atoms with Crippen molar-refractivity contribution in [1.29, 1.82) is 0 Å². The van der Waals surface area contributed by atoms with Crippen LogP contribution in [-0.4, -0.2) is 32.2 Å². The highest BCUT2D eigenvalue weighted by atomic mass is 32.2. The van der Waals surface area contributed by atoms with Gasteiger partial charge in [0, 0.05) is 24.2 Å². The summed E-state index contributed by atoms with van der Waals surface area (Å²) in [5.41, 5.74) is 1.01. The Balaban J connectivity index is 1.80. The molecule has 0 atom stereocenters. The molecule has 0 aliphatic carbocycles. The van der Waals surface area contributed by atoms with Crippen LogP contribution < -0.4 is 4.90 Å². The summed E-state index contributed by atoms with van der Waals surface area (Å²) >= 11 is 1.42. The summed E-state index contributed by atoms with van der Waals surface area (Å²) in [4.78, 5) is 15.2. The van der Waals surface area contributed by atoms with E-state index in [-0.39, 0.29) is 5.41 Å². The number of para-hydroxylation sites is 1. The Bertz CT molecular complexity index is 809. The van der Waals surface area contributed by atoms with Crippen molar-refractivity contribution in [2.24, 2.45) is 0 Å². The zero-order chi connectivity index (χ0) is 17.2. The summed E-state index contributed by atoms with van der Waals surface area (Å²) in [6.45, 7) is 6.29. The molecule has 0 unspecified atom stereocenters. The van der Waals surface area contributed by atoms with Crippen LogP contribution in [-0.2, 0) is 5.41 Å². The maximum atomic E-state index is 4.53. The SMILES string of the molecule is CN(c1ccccc1)c1cc(Sc2n[nH]c(C(C)(C)C)n2)ncn1. The Morgan fingerprint density at radius 1 is 1.08 bits per heavy atom. The number of hydrogen-bond donors (Lipinski definition) is 1. The maximum Gasteiger partial charge on any atom is 0.214 e. The quantitative estimate of drug-likeness (QED) is 0.728. The summed E-state index contributed by atoms with van der Waals surface area (Å²) in [6.07, 6.45) is 1.56. The fraction of sp³-hybridized carbons (Fsp3) is 0.294. The molecule has 2 aromatic heterocycles. The van der Waals surface area contributed by atoms with E-state index in [4.69, 9.17) is 0 Å². The molecule has 0 bridgehead atoms. The monoisotopic (exact) mass is 340 g/mol. The van der Waals surface area contributed by atoms with Gasteiger partial charge >= 0.3 is 0 Å². The van der Waals surface area contributed by atoms with Gasteiger partial charge in [0.25, 0.3) is 0 Å². The van der Waals surface area contributed by atoms with Crippen LogP contribution in [0.25, 0.3) is 0 Å². The fourth-order valence-electron chi connectivity index (χ4n) is 2.07. The Morgan fingerprint density at radius 3 is 2.50 bits per heavy atom. The summed E-state index contributed by atoms with van der Waals surface area (Å²) in [5.74, 6) is 1.69. The molecule has 0 fully saturated rings. The van der Waals surface area contributed by atoms with Gasteiger partial charge in [0.15, 0.2) is 0 Å². The van der Waals surface area contributed by atoms with Crippen LogP contribution in [0.1, 0.15) is 26.6 Å². The topological polar surface area (TPSA) is 70.6 Å². The number of nitrogens with one attached hydrogen (secondary N) is 1. The third kappa shape index (κ3) is 3.73. The molecule has 1 N–H and O–H groups in total. The molecule has 1 aromatic carbocycles. The summed E-state index contributed by atoms with van der Waals surface area (Å²) in [5, 5.41) is 8.72.